The van der Waals surface area contributed by atoms with Gasteiger partial charge in [0.05, 0.1) is 28.6 Å². The average molecular weight is 455 g/mol. The maximum absolute atomic E-state index is 15.0. The van der Waals surface area contributed by atoms with E-state index in [4.69, 9.17) is 27.9 Å². The number of ether oxygens (including phenoxy) is 1. The summed E-state index contributed by atoms with van der Waals surface area (Å²) >= 11 is 12.2. The fraction of sp³-hybridized carbons (Fsp3) is 0.0476. The van der Waals surface area contributed by atoms with Gasteiger partial charge in [-0.1, -0.05) is 23.2 Å². The number of pyridine rings is 1. The van der Waals surface area contributed by atoms with Crippen molar-refractivity contribution in [3.05, 3.63) is 71.1 Å². The molecule has 1 N–H and O–H groups in total. The van der Waals surface area contributed by atoms with Crippen LogP contribution in [0.1, 0.15) is 0 Å². The second-order valence-corrected chi connectivity index (χ2v) is 7.46. The first kappa shape index (κ1) is 19.5. The van der Waals surface area contributed by atoms with Crippen molar-refractivity contribution in [2.45, 2.75) is 0 Å². The Morgan fingerprint density at radius 3 is 2.74 bits per heavy atom. The van der Waals surface area contributed by atoms with Crippen molar-refractivity contribution in [1.82, 2.24) is 24.5 Å². The van der Waals surface area contributed by atoms with Crippen molar-refractivity contribution in [2.24, 2.45) is 7.05 Å². The van der Waals surface area contributed by atoms with Gasteiger partial charge in [-0.25, -0.2) is 24.3 Å². The van der Waals surface area contributed by atoms with Crippen molar-refractivity contribution >= 4 is 56.8 Å². The predicted molar refractivity (Wildman–Crippen MR) is 118 cm³/mol. The largest absolute Gasteiger partial charge is 0.456 e. The number of aryl methyl sites for hydroxylation is 1. The molecule has 0 amide bonds. The van der Waals surface area contributed by atoms with Crippen LogP contribution in [-0.2, 0) is 7.05 Å². The van der Waals surface area contributed by atoms with Gasteiger partial charge in [0.15, 0.2) is 11.6 Å². The highest BCUT2D eigenvalue weighted by Crippen LogP contribution is 2.37. The molecule has 2 aromatic carbocycles. The highest BCUT2D eigenvalue weighted by Gasteiger charge is 2.16. The lowest BCUT2D eigenvalue weighted by molar-refractivity contribution is 0.478. The molecule has 154 valence electrons. The molecule has 0 aliphatic heterocycles. The van der Waals surface area contributed by atoms with Crippen molar-refractivity contribution in [2.75, 3.05) is 5.32 Å². The topological polar surface area (TPSA) is 77.8 Å². The zero-order chi connectivity index (χ0) is 21.5. The van der Waals surface area contributed by atoms with Crippen molar-refractivity contribution in [3.63, 3.8) is 0 Å². The van der Waals surface area contributed by atoms with Gasteiger partial charge in [-0.05, 0) is 36.4 Å². The Bertz CT molecular complexity index is 1460. The van der Waals surface area contributed by atoms with E-state index >= 15 is 4.39 Å². The lowest BCUT2D eigenvalue weighted by Crippen LogP contribution is -2.00. The SMILES string of the molecule is Cn1cnc2cc(Oc3ccc(Nc4ncnc5ccc(Cl)nc45)c(F)c3Cl)ccc21. The number of benzene rings is 2. The molecule has 0 saturated carbocycles. The zero-order valence-corrected chi connectivity index (χ0v) is 17.5. The van der Waals surface area contributed by atoms with Crippen LogP contribution in [0, 0.1) is 5.82 Å². The first-order chi connectivity index (χ1) is 15.0. The summed E-state index contributed by atoms with van der Waals surface area (Å²) in [5.74, 6) is 0.283. The van der Waals surface area contributed by atoms with E-state index in [9.17, 15) is 0 Å². The molecule has 5 aromatic rings. The average Bonchev–Trinajstić information content (AvgIpc) is 3.14. The van der Waals surface area contributed by atoms with Crippen LogP contribution in [0.5, 0.6) is 11.5 Å². The lowest BCUT2D eigenvalue weighted by Gasteiger charge is -2.13. The third kappa shape index (κ3) is 3.60. The molecule has 0 radical (unpaired) electrons. The number of hydrogen-bond acceptors (Lipinski definition) is 6. The van der Waals surface area contributed by atoms with E-state index in [2.05, 4.69) is 25.3 Å². The standard InChI is InChI=1S/C21H13Cl2FN6O/c1-30-10-27-14-8-11(2-5-15(14)30)31-16-6-3-12(19(24)18(16)23)28-21-20-13(25-9-26-21)4-7-17(22)29-20/h2-10H,1H3,(H,25,26,28). The minimum absolute atomic E-state index is 0.110. The fourth-order valence-electron chi connectivity index (χ4n) is 3.15. The van der Waals surface area contributed by atoms with E-state index in [0.29, 0.717) is 22.6 Å². The van der Waals surface area contributed by atoms with Crippen LogP contribution in [0.3, 0.4) is 0 Å². The highest BCUT2D eigenvalue weighted by molar-refractivity contribution is 6.32. The Balaban J connectivity index is 1.46. The van der Waals surface area contributed by atoms with Crippen LogP contribution in [0.15, 0.2) is 55.1 Å². The second kappa shape index (κ2) is 7.64. The minimum Gasteiger partial charge on any atom is -0.456 e. The van der Waals surface area contributed by atoms with Gasteiger partial charge in [0.25, 0.3) is 0 Å². The monoisotopic (exact) mass is 454 g/mol. The number of halogens is 3. The Labute approximate surface area is 185 Å². The second-order valence-electron chi connectivity index (χ2n) is 6.70. The summed E-state index contributed by atoms with van der Waals surface area (Å²) in [4.78, 5) is 16.8. The van der Waals surface area contributed by atoms with Crippen LogP contribution < -0.4 is 10.1 Å². The normalized spacial score (nSPS) is 11.2. The van der Waals surface area contributed by atoms with Gasteiger partial charge >= 0.3 is 0 Å². The van der Waals surface area contributed by atoms with Gasteiger partial charge in [0.1, 0.15) is 33.5 Å². The molecule has 0 saturated heterocycles. The summed E-state index contributed by atoms with van der Waals surface area (Å²) < 4.78 is 22.7. The summed E-state index contributed by atoms with van der Waals surface area (Å²) in [6, 6.07) is 11.8. The van der Waals surface area contributed by atoms with E-state index in [0.717, 1.165) is 11.0 Å². The molecule has 10 heteroatoms. The number of fused-ring (bicyclic) bond motifs is 2. The number of imidazole rings is 1. The lowest BCUT2D eigenvalue weighted by atomic mass is 10.2. The Kier molecular flexibility index (Phi) is 4.80. The zero-order valence-electron chi connectivity index (χ0n) is 16.0. The van der Waals surface area contributed by atoms with Crippen molar-refractivity contribution < 1.29 is 9.13 Å². The molecule has 0 fully saturated rings. The summed E-state index contributed by atoms with van der Waals surface area (Å²) in [6.07, 6.45) is 3.06. The molecular weight excluding hydrogens is 442 g/mol. The first-order valence-corrected chi connectivity index (χ1v) is 9.86. The number of anilines is 2. The Morgan fingerprint density at radius 2 is 1.87 bits per heavy atom. The Hall–Kier alpha value is -3.49. The fourth-order valence-corrected chi connectivity index (χ4v) is 3.50. The van der Waals surface area contributed by atoms with Crippen LogP contribution in [0.2, 0.25) is 10.2 Å². The van der Waals surface area contributed by atoms with E-state index in [1.54, 1.807) is 36.7 Å². The third-order valence-electron chi connectivity index (χ3n) is 4.67. The quantitative estimate of drug-likeness (QED) is 0.341. The number of nitrogens with zero attached hydrogens (tertiary/aromatic N) is 5. The molecule has 0 unspecified atom stereocenters. The van der Waals surface area contributed by atoms with Gasteiger partial charge in [-0.3, -0.25) is 0 Å². The van der Waals surface area contributed by atoms with Crippen LogP contribution in [-0.4, -0.2) is 24.5 Å². The summed E-state index contributed by atoms with van der Waals surface area (Å²) in [6.45, 7) is 0. The molecule has 3 aromatic heterocycles. The van der Waals surface area contributed by atoms with E-state index in [1.807, 2.05) is 17.7 Å². The van der Waals surface area contributed by atoms with Crippen molar-refractivity contribution in [3.8, 4) is 11.5 Å². The maximum atomic E-state index is 15.0. The summed E-state index contributed by atoms with van der Waals surface area (Å²) in [5.41, 5.74) is 2.80. The minimum atomic E-state index is -0.688. The molecule has 3 heterocycles. The molecule has 0 spiro atoms. The van der Waals surface area contributed by atoms with E-state index in [-0.39, 0.29) is 21.6 Å². The van der Waals surface area contributed by atoms with Gasteiger partial charge in [-0.2, -0.15) is 0 Å². The molecule has 7 nitrogen and oxygen atoms in total. The molecule has 0 atom stereocenters. The van der Waals surface area contributed by atoms with Crippen molar-refractivity contribution in [1.29, 1.82) is 0 Å². The van der Waals surface area contributed by atoms with Gasteiger partial charge in [0.2, 0.25) is 0 Å². The molecular formula is C21H13Cl2FN6O. The van der Waals surface area contributed by atoms with Gasteiger partial charge in [-0.15, -0.1) is 0 Å². The number of rotatable bonds is 4. The molecule has 0 aliphatic carbocycles. The number of nitrogens with one attached hydrogen (secondary N) is 1. The molecule has 0 bridgehead atoms. The summed E-state index contributed by atoms with van der Waals surface area (Å²) in [5, 5.41) is 3.01. The molecule has 0 aliphatic rings. The molecule has 31 heavy (non-hydrogen) atoms. The predicted octanol–water partition coefficient (Wildman–Crippen LogP) is 5.89. The highest BCUT2D eigenvalue weighted by atomic mass is 35.5. The van der Waals surface area contributed by atoms with Gasteiger partial charge < -0.3 is 14.6 Å². The van der Waals surface area contributed by atoms with E-state index < -0.39 is 5.82 Å². The Morgan fingerprint density at radius 1 is 1.00 bits per heavy atom. The smallest absolute Gasteiger partial charge is 0.169 e. The third-order valence-corrected chi connectivity index (χ3v) is 5.24. The first-order valence-electron chi connectivity index (χ1n) is 9.11. The maximum Gasteiger partial charge on any atom is 0.169 e. The van der Waals surface area contributed by atoms with Gasteiger partial charge in [0, 0.05) is 13.1 Å². The summed E-state index contributed by atoms with van der Waals surface area (Å²) in [7, 11) is 1.90. The van der Waals surface area contributed by atoms with E-state index in [1.165, 1.54) is 12.4 Å². The van der Waals surface area contributed by atoms with Crippen LogP contribution >= 0.6 is 23.2 Å². The number of aromatic nitrogens is 5. The molecule has 5 rings (SSSR count). The van der Waals surface area contributed by atoms with Crippen LogP contribution in [0.25, 0.3) is 22.1 Å². The number of hydrogen-bond donors (Lipinski definition) is 1. The van der Waals surface area contributed by atoms with Crippen LogP contribution in [0.4, 0.5) is 15.9 Å².